The minimum Gasteiger partial charge on any atom is -0.497 e. The van der Waals surface area contributed by atoms with Crippen molar-refractivity contribution in [3.63, 3.8) is 0 Å². The highest BCUT2D eigenvalue weighted by molar-refractivity contribution is 6.16. The Kier molecular flexibility index (Phi) is 4.64. The Balaban J connectivity index is 1.65. The molecular weight excluding hydrogens is 442 g/mol. The van der Waals surface area contributed by atoms with Crippen LogP contribution in [0, 0.1) is 5.92 Å². The fraction of sp³-hybridized carbons (Fsp3) is 0.214. The molecule has 0 radical (unpaired) electrons. The molecule has 0 saturated carbocycles. The molecule has 7 nitrogen and oxygen atoms in total. The summed E-state index contributed by atoms with van der Waals surface area (Å²) < 4.78 is 5.40. The molecule has 174 valence electrons. The van der Waals surface area contributed by atoms with Crippen LogP contribution in [0.3, 0.4) is 0 Å². The van der Waals surface area contributed by atoms with Crippen LogP contribution in [0.4, 0.5) is 11.4 Å². The van der Waals surface area contributed by atoms with Gasteiger partial charge in [-0.05, 0) is 48.9 Å². The first-order chi connectivity index (χ1) is 17.0. The number of carbonyl (C=O) groups is 3. The van der Waals surface area contributed by atoms with Gasteiger partial charge in [0, 0.05) is 34.9 Å². The van der Waals surface area contributed by atoms with E-state index in [0.29, 0.717) is 17.0 Å². The van der Waals surface area contributed by atoms with Crippen LogP contribution in [0.5, 0.6) is 5.75 Å². The second-order valence-corrected chi connectivity index (χ2v) is 9.14. The van der Waals surface area contributed by atoms with Crippen LogP contribution in [0.25, 0.3) is 6.08 Å². The molecular formula is C28H23N3O4. The Morgan fingerprint density at radius 1 is 1.09 bits per heavy atom. The zero-order valence-electron chi connectivity index (χ0n) is 19.3. The lowest BCUT2D eigenvalue weighted by molar-refractivity contribution is -0.122. The first-order valence-electron chi connectivity index (χ1n) is 11.5. The zero-order chi connectivity index (χ0) is 24.3. The molecule has 1 fully saturated rings. The predicted molar refractivity (Wildman–Crippen MR) is 132 cm³/mol. The Labute approximate surface area is 202 Å². The van der Waals surface area contributed by atoms with Crippen molar-refractivity contribution in [2.75, 3.05) is 17.3 Å². The minimum atomic E-state index is -1.28. The summed E-state index contributed by atoms with van der Waals surface area (Å²) in [5, 5.41) is 3.01. The summed E-state index contributed by atoms with van der Waals surface area (Å²) in [6, 6.07) is 15.0. The molecule has 2 aromatic carbocycles. The highest BCUT2D eigenvalue weighted by Gasteiger charge is 2.69. The van der Waals surface area contributed by atoms with Gasteiger partial charge in [0.1, 0.15) is 11.2 Å². The number of hydrogen-bond donors (Lipinski definition) is 1. The van der Waals surface area contributed by atoms with Gasteiger partial charge in [-0.2, -0.15) is 0 Å². The summed E-state index contributed by atoms with van der Waals surface area (Å²) in [6.45, 7) is 1.49. The number of ether oxygens (including phenoxy) is 1. The summed E-state index contributed by atoms with van der Waals surface area (Å²) in [5.41, 5.74) is 2.21. The number of aromatic nitrogens is 1. The van der Waals surface area contributed by atoms with Gasteiger partial charge < -0.3 is 15.0 Å². The number of pyridine rings is 1. The summed E-state index contributed by atoms with van der Waals surface area (Å²) in [5.74, 6) is -0.945. The van der Waals surface area contributed by atoms with E-state index >= 15 is 0 Å². The van der Waals surface area contributed by atoms with Gasteiger partial charge in [-0.1, -0.05) is 30.4 Å². The maximum atomic E-state index is 14.2. The average Bonchev–Trinajstić information content (AvgIpc) is 3.36. The highest BCUT2D eigenvalue weighted by atomic mass is 16.5. The van der Waals surface area contributed by atoms with Crippen LogP contribution in [-0.2, 0) is 15.0 Å². The van der Waals surface area contributed by atoms with Crippen LogP contribution < -0.4 is 15.0 Å². The largest absolute Gasteiger partial charge is 0.497 e. The zero-order valence-corrected chi connectivity index (χ0v) is 19.3. The number of benzene rings is 2. The minimum absolute atomic E-state index is 0.173. The Morgan fingerprint density at radius 3 is 2.60 bits per heavy atom. The summed E-state index contributed by atoms with van der Waals surface area (Å²) in [6.07, 6.45) is 6.99. The van der Waals surface area contributed by atoms with Gasteiger partial charge >= 0.3 is 0 Å². The smallest absolute Gasteiger partial charge is 0.238 e. The van der Waals surface area contributed by atoms with E-state index in [0.717, 1.165) is 16.8 Å². The van der Waals surface area contributed by atoms with E-state index in [4.69, 9.17) is 4.74 Å². The third kappa shape index (κ3) is 2.78. The van der Waals surface area contributed by atoms with Crippen LogP contribution in [-0.4, -0.2) is 41.7 Å². The SMILES string of the molecule is COc1ccc2c(c1)C=C[C@@H]1N2[C@@H](C(C)=O)[C@@H](C(=O)c2ccncc2)[C@@]12C(=O)Nc1ccccc12. The molecule has 3 aromatic rings. The lowest BCUT2D eigenvalue weighted by Crippen LogP contribution is -2.51. The first kappa shape index (κ1) is 21.3. The van der Waals surface area contributed by atoms with Crippen molar-refractivity contribution >= 4 is 34.9 Å². The van der Waals surface area contributed by atoms with Crippen LogP contribution >= 0.6 is 0 Å². The van der Waals surface area contributed by atoms with Crippen molar-refractivity contribution < 1.29 is 19.1 Å². The molecule has 4 heterocycles. The molecule has 1 amide bonds. The standard InChI is InChI=1S/C28H23N3O4/c1-16(32)25-24(26(33)17-11-13-29-14-12-17)28(20-5-3-4-6-21(20)30-27(28)34)23-10-7-18-15-19(35-2)8-9-22(18)31(23)25/h3-15,23-25H,1-2H3,(H,30,34)/t23-,24-,25-,28-/m0/s1. The number of methoxy groups -OCH3 is 1. The monoisotopic (exact) mass is 465 g/mol. The van der Waals surface area contributed by atoms with E-state index in [2.05, 4.69) is 10.3 Å². The molecule has 1 spiro atoms. The number of amides is 1. The van der Waals surface area contributed by atoms with Gasteiger partial charge in [0.2, 0.25) is 5.91 Å². The molecule has 6 rings (SSSR count). The molecule has 1 saturated heterocycles. The fourth-order valence-corrected chi connectivity index (χ4v) is 6.13. The Morgan fingerprint density at radius 2 is 1.86 bits per heavy atom. The van der Waals surface area contributed by atoms with Crippen molar-refractivity contribution in [2.45, 2.75) is 24.4 Å². The van der Waals surface area contributed by atoms with Crippen LogP contribution in [0.15, 0.2) is 73.1 Å². The number of nitrogens with zero attached hydrogens (tertiary/aromatic N) is 2. The van der Waals surface area contributed by atoms with E-state index in [1.54, 1.807) is 31.6 Å². The summed E-state index contributed by atoms with van der Waals surface area (Å²) in [4.78, 5) is 47.5. The van der Waals surface area contributed by atoms with Gasteiger partial charge in [0.05, 0.1) is 25.1 Å². The summed E-state index contributed by atoms with van der Waals surface area (Å²) in [7, 11) is 1.60. The first-order valence-corrected chi connectivity index (χ1v) is 11.5. The van der Waals surface area contributed by atoms with Crippen molar-refractivity contribution in [2.24, 2.45) is 5.92 Å². The third-order valence-electron chi connectivity index (χ3n) is 7.50. The number of hydrogen-bond acceptors (Lipinski definition) is 6. The Bertz CT molecular complexity index is 1420. The van der Waals surface area contributed by atoms with Gasteiger partial charge in [0.25, 0.3) is 0 Å². The topological polar surface area (TPSA) is 88.6 Å². The molecule has 7 heteroatoms. The number of ketones is 2. The number of fused-ring (bicyclic) bond motifs is 6. The number of para-hydroxylation sites is 1. The Hall–Kier alpha value is -4.26. The van der Waals surface area contributed by atoms with Crippen molar-refractivity contribution in [1.29, 1.82) is 0 Å². The van der Waals surface area contributed by atoms with Crippen LogP contribution in [0.2, 0.25) is 0 Å². The molecule has 0 bridgehead atoms. The summed E-state index contributed by atoms with van der Waals surface area (Å²) >= 11 is 0. The van der Waals surface area contributed by atoms with Gasteiger partial charge in [-0.25, -0.2) is 0 Å². The maximum absolute atomic E-state index is 14.2. The molecule has 1 N–H and O–H groups in total. The molecule has 35 heavy (non-hydrogen) atoms. The number of nitrogens with one attached hydrogen (secondary N) is 1. The highest BCUT2D eigenvalue weighted by Crippen LogP contribution is 2.57. The van der Waals surface area contributed by atoms with E-state index < -0.39 is 23.4 Å². The van der Waals surface area contributed by atoms with E-state index in [9.17, 15) is 14.4 Å². The molecule has 4 atom stereocenters. The van der Waals surface area contributed by atoms with E-state index in [1.807, 2.05) is 59.5 Å². The van der Waals surface area contributed by atoms with Crippen molar-refractivity contribution in [3.05, 3.63) is 89.8 Å². The third-order valence-corrected chi connectivity index (χ3v) is 7.50. The van der Waals surface area contributed by atoms with Crippen molar-refractivity contribution in [1.82, 2.24) is 4.98 Å². The number of carbonyl (C=O) groups excluding carboxylic acids is 3. The molecule has 0 unspecified atom stereocenters. The number of anilines is 2. The molecule has 3 aliphatic heterocycles. The number of rotatable bonds is 4. The second-order valence-electron chi connectivity index (χ2n) is 9.14. The van der Waals surface area contributed by atoms with E-state index in [1.165, 1.54) is 6.92 Å². The van der Waals surface area contributed by atoms with Crippen molar-refractivity contribution in [3.8, 4) is 5.75 Å². The quantitative estimate of drug-likeness (QED) is 0.592. The number of Topliss-reactive ketones (excluding diaryl/α,β-unsaturated/α-hetero) is 2. The predicted octanol–water partition coefficient (Wildman–Crippen LogP) is 3.65. The van der Waals surface area contributed by atoms with Gasteiger partial charge in [0.15, 0.2) is 11.6 Å². The molecule has 3 aliphatic rings. The second kappa shape index (κ2) is 7.63. The van der Waals surface area contributed by atoms with Gasteiger partial charge in [-0.3, -0.25) is 19.4 Å². The molecule has 0 aliphatic carbocycles. The average molecular weight is 466 g/mol. The maximum Gasteiger partial charge on any atom is 0.238 e. The lowest BCUT2D eigenvalue weighted by Gasteiger charge is -2.37. The van der Waals surface area contributed by atoms with Gasteiger partial charge in [-0.15, -0.1) is 0 Å². The molecule has 1 aromatic heterocycles. The van der Waals surface area contributed by atoms with Crippen LogP contribution in [0.1, 0.15) is 28.4 Å². The normalized spacial score (nSPS) is 25.6. The fourth-order valence-electron chi connectivity index (χ4n) is 6.13. The van der Waals surface area contributed by atoms with E-state index in [-0.39, 0.29) is 17.5 Å². The lowest BCUT2D eigenvalue weighted by atomic mass is 9.64.